The first-order chi connectivity index (χ1) is 9.32. The van der Waals surface area contributed by atoms with Gasteiger partial charge >= 0.3 is 12.0 Å². The van der Waals surface area contributed by atoms with Gasteiger partial charge in [0, 0.05) is 17.7 Å². The largest absolute Gasteiger partial charge is 0.480 e. The van der Waals surface area contributed by atoms with Crippen molar-refractivity contribution < 1.29 is 19.5 Å². The molecular formula is C12H21N3O4S. The summed E-state index contributed by atoms with van der Waals surface area (Å²) in [6.45, 7) is 2.57. The number of primary amides is 1. The number of carboxylic acid groups (broad SMARTS) is 1. The first kappa shape index (κ1) is 16.6. The minimum atomic E-state index is -1.18. The van der Waals surface area contributed by atoms with E-state index in [0.29, 0.717) is 6.54 Å². The predicted octanol–water partition coefficient (Wildman–Crippen LogP) is 0.290. The second kappa shape index (κ2) is 7.37. The van der Waals surface area contributed by atoms with Crippen molar-refractivity contribution in [3.8, 4) is 0 Å². The molecule has 114 valence electrons. The van der Waals surface area contributed by atoms with Gasteiger partial charge in [-0.3, -0.25) is 4.79 Å². The number of carbonyl (C=O) groups excluding carboxylic acids is 2. The Kier molecular flexibility index (Phi) is 6.12. The molecule has 1 aliphatic rings. The van der Waals surface area contributed by atoms with Crippen LogP contribution in [0.15, 0.2) is 0 Å². The summed E-state index contributed by atoms with van der Waals surface area (Å²) in [4.78, 5) is 33.3. The molecule has 0 spiro atoms. The van der Waals surface area contributed by atoms with Crippen LogP contribution in [0.5, 0.6) is 0 Å². The number of hydrogen-bond acceptors (Lipinski definition) is 4. The number of urea groups is 1. The number of carbonyl (C=O) groups is 3. The van der Waals surface area contributed by atoms with Crippen LogP contribution in [0.1, 0.15) is 32.6 Å². The number of nitrogens with two attached hydrogens (primary N) is 1. The van der Waals surface area contributed by atoms with Gasteiger partial charge in [0.15, 0.2) is 0 Å². The Hall–Kier alpha value is -1.44. The van der Waals surface area contributed by atoms with Gasteiger partial charge in [0.25, 0.3) is 0 Å². The number of thioether (sulfide) groups is 1. The zero-order valence-corrected chi connectivity index (χ0v) is 12.3. The average molecular weight is 303 g/mol. The van der Waals surface area contributed by atoms with E-state index >= 15 is 0 Å². The highest BCUT2D eigenvalue weighted by Crippen LogP contribution is 2.36. The third-order valence-corrected chi connectivity index (χ3v) is 4.74. The summed E-state index contributed by atoms with van der Waals surface area (Å²) in [5.74, 6) is -0.688. The molecule has 1 unspecified atom stereocenters. The first-order valence-electron chi connectivity index (χ1n) is 6.52. The van der Waals surface area contributed by atoms with Crippen LogP contribution in [0, 0.1) is 0 Å². The van der Waals surface area contributed by atoms with Crippen LogP contribution in [-0.2, 0) is 9.59 Å². The highest BCUT2D eigenvalue weighted by molar-refractivity contribution is 8.00. The smallest absolute Gasteiger partial charge is 0.326 e. The molecule has 0 saturated carbocycles. The quantitative estimate of drug-likeness (QED) is 0.538. The van der Waals surface area contributed by atoms with Gasteiger partial charge in [-0.15, -0.1) is 0 Å². The molecule has 20 heavy (non-hydrogen) atoms. The van der Waals surface area contributed by atoms with E-state index in [1.54, 1.807) is 11.8 Å². The minimum Gasteiger partial charge on any atom is -0.480 e. The average Bonchev–Trinajstić information content (AvgIpc) is 2.79. The molecule has 0 bridgehead atoms. The number of hydrogen-bond donors (Lipinski definition) is 4. The van der Waals surface area contributed by atoms with E-state index in [4.69, 9.17) is 10.8 Å². The van der Waals surface area contributed by atoms with Gasteiger partial charge in [-0.25, -0.2) is 9.59 Å². The molecule has 5 N–H and O–H groups in total. The summed E-state index contributed by atoms with van der Waals surface area (Å²) in [7, 11) is 0. The molecule has 1 rings (SSSR count). The maximum atomic E-state index is 11.7. The fourth-order valence-corrected chi connectivity index (χ4v) is 3.24. The highest BCUT2D eigenvalue weighted by Gasteiger charge is 2.30. The zero-order chi connectivity index (χ0) is 15.2. The van der Waals surface area contributed by atoms with Crippen LogP contribution < -0.4 is 16.4 Å². The number of amides is 3. The van der Waals surface area contributed by atoms with Crippen molar-refractivity contribution in [2.75, 3.05) is 12.3 Å². The number of aliphatic carboxylic acids is 1. The number of carboxylic acids is 1. The lowest BCUT2D eigenvalue weighted by molar-refractivity contribution is -0.139. The fourth-order valence-electron chi connectivity index (χ4n) is 2.00. The highest BCUT2D eigenvalue weighted by atomic mass is 32.2. The van der Waals surface area contributed by atoms with E-state index in [1.165, 1.54) is 0 Å². The van der Waals surface area contributed by atoms with E-state index in [1.807, 2.05) is 0 Å². The lowest BCUT2D eigenvalue weighted by atomic mass is 10.1. The van der Waals surface area contributed by atoms with Gasteiger partial charge in [0.05, 0.1) is 0 Å². The molecule has 0 aromatic heterocycles. The van der Waals surface area contributed by atoms with Crippen molar-refractivity contribution in [2.45, 2.75) is 43.4 Å². The van der Waals surface area contributed by atoms with Crippen molar-refractivity contribution in [3.05, 3.63) is 0 Å². The van der Waals surface area contributed by atoms with Crippen LogP contribution in [0.4, 0.5) is 4.79 Å². The van der Waals surface area contributed by atoms with Crippen molar-refractivity contribution >= 4 is 29.7 Å². The van der Waals surface area contributed by atoms with Crippen molar-refractivity contribution in [1.82, 2.24) is 10.6 Å². The molecule has 8 heteroatoms. The summed E-state index contributed by atoms with van der Waals surface area (Å²) < 4.78 is 0.0171. The maximum absolute atomic E-state index is 11.7. The molecule has 1 aliphatic heterocycles. The van der Waals surface area contributed by atoms with Gasteiger partial charge < -0.3 is 21.5 Å². The Balaban J connectivity index is 2.37. The minimum absolute atomic E-state index is 0.00982. The Morgan fingerprint density at radius 3 is 2.65 bits per heavy atom. The molecule has 3 amide bonds. The Morgan fingerprint density at radius 2 is 2.15 bits per heavy atom. The van der Waals surface area contributed by atoms with Gasteiger partial charge in [0.2, 0.25) is 5.91 Å². The fraction of sp³-hybridized carbons (Fsp3) is 0.750. The van der Waals surface area contributed by atoms with E-state index in [-0.39, 0.29) is 17.6 Å². The third kappa shape index (κ3) is 5.68. The van der Waals surface area contributed by atoms with Crippen LogP contribution >= 0.6 is 11.8 Å². The zero-order valence-electron chi connectivity index (χ0n) is 11.5. The topological polar surface area (TPSA) is 122 Å². The molecule has 7 nitrogen and oxygen atoms in total. The van der Waals surface area contributed by atoms with Gasteiger partial charge in [-0.05, 0) is 31.9 Å². The molecule has 0 aromatic carbocycles. The lowest BCUT2D eigenvalue weighted by Gasteiger charge is -2.23. The number of nitrogens with one attached hydrogen (secondary N) is 2. The van der Waals surface area contributed by atoms with E-state index in [2.05, 4.69) is 17.6 Å². The van der Waals surface area contributed by atoms with E-state index in [0.717, 1.165) is 18.6 Å². The summed E-state index contributed by atoms with van der Waals surface area (Å²) in [5.41, 5.74) is 4.97. The Morgan fingerprint density at radius 1 is 1.45 bits per heavy atom. The second-order valence-electron chi connectivity index (χ2n) is 5.12. The summed E-state index contributed by atoms with van der Waals surface area (Å²) >= 11 is 1.81. The molecule has 0 aromatic rings. The van der Waals surface area contributed by atoms with Crippen molar-refractivity contribution in [3.63, 3.8) is 0 Å². The van der Waals surface area contributed by atoms with Gasteiger partial charge in [-0.1, -0.05) is 0 Å². The van der Waals surface area contributed by atoms with Crippen molar-refractivity contribution in [2.24, 2.45) is 5.73 Å². The van der Waals surface area contributed by atoms with Crippen LogP contribution in [0.25, 0.3) is 0 Å². The molecule has 0 aliphatic carbocycles. The van der Waals surface area contributed by atoms with E-state index in [9.17, 15) is 14.4 Å². The number of rotatable bonds is 7. The normalized spacial score (nSPS) is 23.1. The van der Waals surface area contributed by atoms with Gasteiger partial charge in [-0.2, -0.15) is 11.8 Å². The molecular weight excluding hydrogens is 282 g/mol. The monoisotopic (exact) mass is 303 g/mol. The van der Waals surface area contributed by atoms with Crippen LogP contribution in [-0.4, -0.2) is 46.1 Å². The predicted molar refractivity (Wildman–Crippen MR) is 76.5 cm³/mol. The second-order valence-corrected chi connectivity index (χ2v) is 6.81. The Labute approximate surface area is 122 Å². The standard InChI is InChI=1S/C12H21N3O4S/c1-12(5-2-6-20-12)7-14-11(19)15-8(10(17)18)3-4-9(13)16/h8H,2-7H2,1H3,(H2,13,16)(H,17,18)(H2,14,15,19)/t8-,12?/m1/s1. The molecule has 1 fully saturated rings. The third-order valence-electron chi connectivity index (χ3n) is 3.21. The summed E-state index contributed by atoms with van der Waals surface area (Å²) in [6, 6.07) is -1.64. The molecule has 1 heterocycles. The van der Waals surface area contributed by atoms with Crippen LogP contribution in [0.3, 0.4) is 0 Å². The first-order valence-corrected chi connectivity index (χ1v) is 7.50. The summed E-state index contributed by atoms with van der Waals surface area (Å²) in [5, 5.41) is 14.0. The Bertz CT molecular complexity index is 383. The van der Waals surface area contributed by atoms with Crippen molar-refractivity contribution in [1.29, 1.82) is 0 Å². The molecule has 0 radical (unpaired) electrons. The van der Waals surface area contributed by atoms with E-state index < -0.39 is 23.9 Å². The SMILES string of the molecule is CC1(CNC(=O)N[C@H](CCC(N)=O)C(=O)O)CCCS1. The lowest BCUT2D eigenvalue weighted by Crippen LogP contribution is -2.49. The molecule has 2 atom stereocenters. The van der Waals surface area contributed by atoms with Crippen LogP contribution in [0.2, 0.25) is 0 Å². The maximum Gasteiger partial charge on any atom is 0.326 e. The van der Waals surface area contributed by atoms with Gasteiger partial charge in [0.1, 0.15) is 6.04 Å². The summed E-state index contributed by atoms with van der Waals surface area (Å²) in [6.07, 6.45) is 2.07. The molecule has 1 saturated heterocycles.